The van der Waals surface area contributed by atoms with Gasteiger partial charge < -0.3 is 9.72 Å². The largest absolute Gasteiger partial charge is 0.487 e. The Morgan fingerprint density at radius 3 is 3.29 bits per heavy atom. The third-order valence-corrected chi connectivity index (χ3v) is 2.78. The van der Waals surface area contributed by atoms with Crippen molar-refractivity contribution in [1.29, 1.82) is 0 Å². The van der Waals surface area contributed by atoms with Gasteiger partial charge >= 0.3 is 0 Å². The zero-order valence-corrected chi connectivity index (χ0v) is 8.84. The monoisotopic (exact) mass is 250 g/mol. The van der Waals surface area contributed by atoms with E-state index in [1.807, 2.05) is 18.2 Å². The minimum Gasteiger partial charge on any atom is -0.487 e. The minimum absolute atomic E-state index is 0.568. The van der Waals surface area contributed by atoms with Crippen LogP contribution < -0.4 is 4.74 Å². The van der Waals surface area contributed by atoms with Crippen molar-refractivity contribution in [3.8, 4) is 17.0 Å². The summed E-state index contributed by atoms with van der Waals surface area (Å²) >= 11 is 3.41. The van der Waals surface area contributed by atoms with Crippen LogP contribution in [0.3, 0.4) is 0 Å². The van der Waals surface area contributed by atoms with Crippen LogP contribution in [-0.4, -0.2) is 9.97 Å². The number of fused-ring (bicyclic) bond motifs is 3. The maximum Gasteiger partial charge on any atom is 0.130 e. The fourth-order valence-corrected chi connectivity index (χ4v) is 1.96. The molecule has 0 amide bonds. The van der Waals surface area contributed by atoms with E-state index in [2.05, 4.69) is 25.9 Å². The van der Waals surface area contributed by atoms with Crippen molar-refractivity contribution in [3.63, 3.8) is 0 Å². The summed E-state index contributed by atoms with van der Waals surface area (Å²) in [4.78, 5) is 7.34. The Morgan fingerprint density at radius 2 is 2.36 bits per heavy atom. The average Bonchev–Trinajstić information content (AvgIpc) is 2.65. The molecule has 14 heavy (non-hydrogen) atoms. The molecule has 0 atom stereocenters. The second-order valence-corrected chi connectivity index (χ2v) is 4.07. The van der Waals surface area contributed by atoms with Crippen molar-refractivity contribution in [1.82, 2.24) is 9.97 Å². The number of nitrogens with one attached hydrogen (secondary N) is 1. The molecule has 1 aromatic carbocycles. The van der Waals surface area contributed by atoms with Gasteiger partial charge in [-0.25, -0.2) is 4.98 Å². The molecule has 1 aromatic heterocycles. The summed E-state index contributed by atoms with van der Waals surface area (Å²) in [6, 6.07) is 5.97. The summed E-state index contributed by atoms with van der Waals surface area (Å²) in [5, 5.41) is 0. The molecule has 0 radical (unpaired) electrons. The number of aromatic nitrogens is 2. The van der Waals surface area contributed by atoms with Gasteiger partial charge in [-0.1, -0.05) is 15.9 Å². The van der Waals surface area contributed by atoms with Crippen LogP contribution in [0.2, 0.25) is 0 Å². The van der Waals surface area contributed by atoms with Gasteiger partial charge in [-0.15, -0.1) is 0 Å². The molecule has 2 aromatic rings. The summed E-state index contributed by atoms with van der Waals surface area (Å²) < 4.78 is 6.61. The van der Waals surface area contributed by atoms with Crippen molar-refractivity contribution in [3.05, 3.63) is 34.7 Å². The lowest BCUT2D eigenvalue weighted by atomic mass is 10.1. The fraction of sp³-hybridized carbons (Fsp3) is 0.100. The molecule has 0 saturated heterocycles. The number of imidazole rings is 1. The van der Waals surface area contributed by atoms with Crippen molar-refractivity contribution in [2.24, 2.45) is 0 Å². The number of halogens is 1. The molecule has 0 saturated carbocycles. The first kappa shape index (κ1) is 8.05. The number of ether oxygens (including phenoxy) is 1. The molecule has 0 bridgehead atoms. The molecule has 0 unspecified atom stereocenters. The van der Waals surface area contributed by atoms with E-state index in [1.165, 1.54) is 0 Å². The van der Waals surface area contributed by atoms with Gasteiger partial charge in [-0.05, 0) is 18.2 Å². The summed E-state index contributed by atoms with van der Waals surface area (Å²) in [6.07, 6.45) is 1.70. The van der Waals surface area contributed by atoms with Gasteiger partial charge in [0.1, 0.15) is 12.4 Å². The van der Waals surface area contributed by atoms with Crippen molar-refractivity contribution >= 4 is 15.9 Å². The van der Waals surface area contributed by atoms with Gasteiger partial charge in [0.05, 0.1) is 17.7 Å². The van der Waals surface area contributed by atoms with Gasteiger partial charge in [0.2, 0.25) is 0 Å². The predicted molar refractivity (Wildman–Crippen MR) is 56.1 cm³/mol. The molecule has 3 rings (SSSR count). The van der Waals surface area contributed by atoms with Crippen LogP contribution in [-0.2, 0) is 6.61 Å². The van der Waals surface area contributed by atoms with Crippen molar-refractivity contribution < 1.29 is 4.74 Å². The Hall–Kier alpha value is -1.29. The van der Waals surface area contributed by atoms with Crippen LogP contribution in [0.4, 0.5) is 0 Å². The minimum atomic E-state index is 0.568. The third-order valence-electron chi connectivity index (χ3n) is 2.29. The molecule has 1 aliphatic heterocycles. The van der Waals surface area contributed by atoms with Crippen LogP contribution in [0, 0.1) is 0 Å². The van der Waals surface area contributed by atoms with Crippen LogP contribution in [0.25, 0.3) is 11.3 Å². The summed E-state index contributed by atoms with van der Waals surface area (Å²) in [7, 11) is 0. The Labute approximate surface area is 89.3 Å². The maximum absolute atomic E-state index is 5.59. The first-order valence-electron chi connectivity index (χ1n) is 4.29. The van der Waals surface area contributed by atoms with E-state index in [9.17, 15) is 0 Å². The van der Waals surface area contributed by atoms with E-state index < -0.39 is 0 Å². The van der Waals surface area contributed by atoms with Gasteiger partial charge in [0.25, 0.3) is 0 Å². The highest BCUT2D eigenvalue weighted by atomic mass is 79.9. The lowest BCUT2D eigenvalue weighted by Crippen LogP contribution is -2.04. The summed E-state index contributed by atoms with van der Waals surface area (Å²) in [5.41, 5.74) is 3.09. The number of aromatic amines is 1. The molecule has 1 aliphatic rings. The normalized spacial score (nSPS) is 12.9. The summed E-state index contributed by atoms with van der Waals surface area (Å²) in [6.45, 7) is 0.568. The molecule has 70 valence electrons. The number of hydrogen-bond donors (Lipinski definition) is 1. The highest BCUT2D eigenvalue weighted by Crippen LogP contribution is 2.36. The van der Waals surface area contributed by atoms with E-state index in [0.717, 1.165) is 27.2 Å². The predicted octanol–water partition coefficient (Wildman–Crippen LogP) is 2.73. The lowest BCUT2D eigenvalue weighted by Gasteiger charge is -2.16. The number of benzene rings is 1. The highest BCUT2D eigenvalue weighted by molar-refractivity contribution is 9.10. The van der Waals surface area contributed by atoms with Crippen molar-refractivity contribution in [2.45, 2.75) is 6.61 Å². The van der Waals surface area contributed by atoms with E-state index in [1.54, 1.807) is 6.33 Å². The second kappa shape index (κ2) is 2.85. The number of rotatable bonds is 0. The Kier molecular flexibility index (Phi) is 1.64. The highest BCUT2D eigenvalue weighted by Gasteiger charge is 2.19. The number of nitrogens with zero attached hydrogens (tertiary/aromatic N) is 1. The molecule has 0 spiro atoms. The molecule has 2 heterocycles. The SMILES string of the molecule is Brc1ccc2c(c1)OCc1[nH]cnc1-2. The quantitative estimate of drug-likeness (QED) is 0.781. The van der Waals surface area contributed by atoms with Gasteiger partial charge in [0.15, 0.2) is 0 Å². The fourth-order valence-electron chi connectivity index (χ4n) is 1.62. The zero-order valence-electron chi connectivity index (χ0n) is 7.25. The van der Waals surface area contributed by atoms with Crippen LogP contribution >= 0.6 is 15.9 Å². The zero-order chi connectivity index (χ0) is 9.54. The standard InChI is InChI=1S/C10H7BrN2O/c11-6-1-2-7-9(3-6)14-4-8-10(7)13-5-12-8/h1-3,5H,4H2,(H,12,13). The molecule has 0 aliphatic carbocycles. The first-order chi connectivity index (χ1) is 6.84. The van der Waals surface area contributed by atoms with Crippen LogP contribution in [0.15, 0.2) is 29.0 Å². The molecule has 0 fully saturated rings. The van der Waals surface area contributed by atoms with Gasteiger partial charge in [-0.2, -0.15) is 0 Å². The maximum atomic E-state index is 5.59. The van der Waals surface area contributed by atoms with E-state index in [-0.39, 0.29) is 0 Å². The third kappa shape index (κ3) is 1.07. The van der Waals surface area contributed by atoms with Crippen molar-refractivity contribution in [2.75, 3.05) is 0 Å². The van der Waals surface area contributed by atoms with Crippen LogP contribution in [0.1, 0.15) is 5.69 Å². The lowest BCUT2D eigenvalue weighted by molar-refractivity contribution is 0.297. The molecule has 1 N–H and O–H groups in total. The average molecular weight is 251 g/mol. The molecule has 3 nitrogen and oxygen atoms in total. The smallest absolute Gasteiger partial charge is 0.130 e. The Balaban J connectivity index is 2.26. The van der Waals surface area contributed by atoms with E-state index in [0.29, 0.717) is 6.61 Å². The second-order valence-electron chi connectivity index (χ2n) is 3.16. The Morgan fingerprint density at radius 1 is 1.43 bits per heavy atom. The summed E-state index contributed by atoms with van der Waals surface area (Å²) in [5.74, 6) is 0.888. The number of hydrogen-bond acceptors (Lipinski definition) is 2. The molecular weight excluding hydrogens is 244 g/mol. The van der Waals surface area contributed by atoms with E-state index >= 15 is 0 Å². The molecular formula is C10H7BrN2O. The molecule has 4 heteroatoms. The van der Waals surface area contributed by atoms with E-state index in [4.69, 9.17) is 4.74 Å². The topological polar surface area (TPSA) is 37.9 Å². The van der Waals surface area contributed by atoms with Crippen LogP contribution in [0.5, 0.6) is 5.75 Å². The van der Waals surface area contributed by atoms with Gasteiger partial charge in [0, 0.05) is 10.0 Å². The first-order valence-corrected chi connectivity index (χ1v) is 5.09. The number of H-pyrrole nitrogens is 1. The van der Waals surface area contributed by atoms with Gasteiger partial charge in [-0.3, -0.25) is 0 Å². The Bertz CT molecular complexity index is 493.